The molecule has 0 fully saturated rings. The molecule has 2 aromatic heterocycles. The van der Waals surface area contributed by atoms with Crippen molar-refractivity contribution >= 4 is 5.97 Å². The Morgan fingerprint density at radius 3 is 3.00 bits per heavy atom. The average molecular weight is 274 g/mol. The molecule has 1 atom stereocenters. The molecule has 0 aromatic carbocycles. The molecule has 0 saturated heterocycles. The van der Waals surface area contributed by atoms with Crippen molar-refractivity contribution in [2.24, 2.45) is 5.92 Å². The first-order valence-electron chi connectivity index (χ1n) is 6.41. The van der Waals surface area contributed by atoms with Crippen molar-refractivity contribution in [2.75, 3.05) is 0 Å². The number of rotatable bonds is 2. The van der Waals surface area contributed by atoms with E-state index in [4.69, 9.17) is 5.11 Å². The molecule has 1 unspecified atom stereocenters. The van der Waals surface area contributed by atoms with E-state index in [-0.39, 0.29) is 5.43 Å². The van der Waals surface area contributed by atoms with Crippen LogP contribution in [-0.2, 0) is 17.8 Å². The van der Waals surface area contributed by atoms with Crippen LogP contribution in [0, 0.1) is 12.8 Å². The number of carboxylic acid groups (broad SMARTS) is 1. The number of aliphatic carboxylic acids is 1. The Hall–Kier alpha value is -2.44. The fourth-order valence-electron chi connectivity index (χ4n) is 2.48. The van der Waals surface area contributed by atoms with Crippen LogP contribution in [0.5, 0.6) is 0 Å². The number of carboxylic acids is 1. The van der Waals surface area contributed by atoms with Crippen LogP contribution in [0.2, 0.25) is 0 Å². The lowest BCUT2D eigenvalue weighted by atomic mass is 9.99. The highest BCUT2D eigenvalue weighted by molar-refractivity contribution is 5.70. The molecular formula is C13H14N4O3. The van der Waals surface area contributed by atoms with Crippen LogP contribution in [0.15, 0.2) is 17.1 Å². The molecule has 2 aromatic rings. The van der Waals surface area contributed by atoms with Gasteiger partial charge in [0, 0.05) is 30.9 Å². The Balaban J connectivity index is 2.07. The van der Waals surface area contributed by atoms with Gasteiger partial charge in [0.2, 0.25) is 0 Å². The van der Waals surface area contributed by atoms with Gasteiger partial charge in [-0.1, -0.05) is 0 Å². The molecule has 0 bridgehead atoms. The van der Waals surface area contributed by atoms with Gasteiger partial charge in [-0.25, -0.2) is 0 Å². The third-order valence-electron chi connectivity index (χ3n) is 3.59. The monoisotopic (exact) mass is 274 g/mol. The molecule has 3 rings (SSSR count). The molecule has 0 aliphatic carbocycles. The first-order chi connectivity index (χ1) is 9.56. The number of carbonyl (C=O) groups is 1. The van der Waals surface area contributed by atoms with Crippen molar-refractivity contribution in [1.29, 1.82) is 0 Å². The Morgan fingerprint density at radius 1 is 1.50 bits per heavy atom. The second kappa shape index (κ2) is 4.59. The predicted molar refractivity (Wildman–Crippen MR) is 70.3 cm³/mol. The highest BCUT2D eigenvalue weighted by Crippen LogP contribution is 2.24. The summed E-state index contributed by atoms with van der Waals surface area (Å²) in [6.45, 7) is 2.10. The molecule has 0 radical (unpaired) electrons. The molecule has 0 spiro atoms. The van der Waals surface area contributed by atoms with E-state index >= 15 is 0 Å². The summed E-state index contributed by atoms with van der Waals surface area (Å²) in [5, 5.41) is 17.2. The molecular weight excluding hydrogens is 260 g/mol. The maximum atomic E-state index is 12.0. The second-order valence-electron chi connectivity index (χ2n) is 5.02. The quantitative estimate of drug-likeness (QED) is 0.834. The molecule has 1 aliphatic heterocycles. The first kappa shape index (κ1) is 12.6. The smallest absolute Gasteiger partial charge is 0.308 e. The zero-order chi connectivity index (χ0) is 14.3. The number of nitrogens with one attached hydrogen (secondary N) is 1. The van der Waals surface area contributed by atoms with Crippen molar-refractivity contribution < 1.29 is 9.90 Å². The van der Waals surface area contributed by atoms with Gasteiger partial charge in [-0.3, -0.25) is 9.59 Å². The van der Waals surface area contributed by atoms with Gasteiger partial charge in [0.05, 0.1) is 11.5 Å². The van der Waals surface area contributed by atoms with Gasteiger partial charge in [-0.2, -0.15) is 0 Å². The molecule has 3 heterocycles. The number of H-pyrrole nitrogens is 1. The second-order valence-corrected chi connectivity index (χ2v) is 5.02. The van der Waals surface area contributed by atoms with E-state index in [2.05, 4.69) is 15.2 Å². The van der Waals surface area contributed by atoms with E-state index in [1.165, 1.54) is 6.07 Å². The summed E-state index contributed by atoms with van der Waals surface area (Å²) in [5.41, 5.74) is 1.04. The van der Waals surface area contributed by atoms with E-state index in [0.29, 0.717) is 30.8 Å². The zero-order valence-corrected chi connectivity index (χ0v) is 11.0. The number of hydrogen-bond acceptors (Lipinski definition) is 4. The fraction of sp³-hybridized carbons (Fsp3) is 0.385. The third kappa shape index (κ3) is 2.01. The standard InChI is InChI=1S/C13H14N4O3/c1-7-4-10(18)9(5-14-7)12-16-15-11-3-2-8(13(19)20)6-17(11)12/h4-5,8H,2-3,6H2,1H3,(H,14,18)(H,19,20). The number of aromatic amines is 1. The number of hydrogen-bond donors (Lipinski definition) is 2. The summed E-state index contributed by atoms with van der Waals surface area (Å²) < 4.78 is 1.74. The van der Waals surface area contributed by atoms with Gasteiger partial charge in [0.25, 0.3) is 0 Å². The minimum absolute atomic E-state index is 0.145. The van der Waals surface area contributed by atoms with Crippen molar-refractivity contribution in [3.8, 4) is 11.4 Å². The van der Waals surface area contributed by atoms with E-state index in [1.807, 2.05) is 0 Å². The summed E-state index contributed by atoms with van der Waals surface area (Å²) in [7, 11) is 0. The molecule has 1 aliphatic rings. The molecule has 20 heavy (non-hydrogen) atoms. The number of fused-ring (bicyclic) bond motifs is 1. The van der Waals surface area contributed by atoms with Gasteiger partial charge in [-0.15, -0.1) is 10.2 Å². The summed E-state index contributed by atoms with van der Waals surface area (Å²) in [6.07, 6.45) is 2.71. The minimum Gasteiger partial charge on any atom is -0.481 e. The first-order valence-corrected chi connectivity index (χ1v) is 6.41. The van der Waals surface area contributed by atoms with Crippen LogP contribution in [0.4, 0.5) is 0 Å². The minimum atomic E-state index is -0.826. The Bertz CT molecular complexity index is 731. The Morgan fingerprint density at radius 2 is 2.30 bits per heavy atom. The molecule has 0 amide bonds. The van der Waals surface area contributed by atoms with Crippen LogP contribution in [0.1, 0.15) is 17.9 Å². The van der Waals surface area contributed by atoms with Gasteiger partial charge < -0.3 is 14.7 Å². The summed E-state index contributed by atoms with van der Waals surface area (Å²) in [5.74, 6) is -0.112. The Kier molecular flexibility index (Phi) is 2.89. The lowest BCUT2D eigenvalue weighted by molar-refractivity contribution is -0.142. The summed E-state index contributed by atoms with van der Waals surface area (Å²) in [4.78, 5) is 26.1. The number of aryl methyl sites for hydroxylation is 2. The van der Waals surface area contributed by atoms with Gasteiger partial charge in [0.15, 0.2) is 11.3 Å². The van der Waals surface area contributed by atoms with Gasteiger partial charge >= 0.3 is 5.97 Å². The molecule has 7 nitrogen and oxygen atoms in total. The number of nitrogens with zero attached hydrogens (tertiary/aromatic N) is 3. The SMILES string of the molecule is Cc1cc(=O)c(-c2nnc3n2CC(C(=O)O)CC3)c[nH]1. The lowest BCUT2D eigenvalue weighted by Gasteiger charge is -2.20. The van der Waals surface area contributed by atoms with Crippen LogP contribution in [-0.4, -0.2) is 30.8 Å². The maximum absolute atomic E-state index is 12.0. The largest absolute Gasteiger partial charge is 0.481 e. The van der Waals surface area contributed by atoms with Gasteiger partial charge in [0.1, 0.15) is 5.82 Å². The molecule has 2 N–H and O–H groups in total. The van der Waals surface area contributed by atoms with Crippen molar-refractivity contribution in [1.82, 2.24) is 19.7 Å². The van der Waals surface area contributed by atoms with Crippen molar-refractivity contribution in [3.63, 3.8) is 0 Å². The summed E-state index contributed by atoms with van der Waals surface area (Å²) >= 11 is 0. The van der Waals surface area contributed by atoms with E-state index in [0.717, 1.165) is 11.5 Å². The molecule has 0 saturated carbocycles. The van der Waals surface area contributed by atoms with Crippen LogP contribution in [0.3, 0.4) is 0 Å². The van der Waals surface area contributed by atoms with E-state index in [9.17, 15) is 9.59 Å². The van der Waals surface area contributed by atoms with Crippen molar-refractivity contribution in [3.05, 3.63) is 34.0 Å². The van der Waals surface area contributed by atoms with Crippen molar-refractivity contribution in [2.45, 2.75) is 26.3 Å². The number of pyridine rings is 1. The number of aromatic nitrogens is 4. The zero-order valence-electron chi connectivity index (χ0n) is 11.0. The lowest BCUT2D eigenvalue weighted by Crippen LogP contribution is -2.27. The van der Waals surface area contributed by atoms with Crippen LogP contribution < -0.4 is 5.43 Å². The molecule has 7 heteroatoms. The third-order valence-corrected chi connectivity index (χ3v) is 3.59. The fourth-order valence-corrected chi connectivity index (χ4v) is 2.48. The average Bonchev–Trinajstić information content (AvgIpc) is 2.81. The topological polar surface area (TPSA) is 101 Å². The predicted octanol–water partition coefficient (Wildman–Crippen LogP) is 0.589. The van der Waals surface area contributed by atoms with Gasteiger partial charge in [-0.05, 0) is 13.3 Å². The highest BCUT2D eigenvalue weighted by Gasteiger charge is 2.28. The normalized spacial score (nSPS) is 17.8. The van der Waals surface area contributed by atoms with Crippen LogP contribution in [0.25, 0.3) is 11.4 Å². The highest BCUT2D eigenvalue weighted by atomic mass is 16.4. The maximum Gasteiger partial charge on any atom is 0.308 e. The van der Waals surface area contributed by atoms with Crippen LogP contribution >= 0.6 is 0 Å². The molecule has 104 valence electrons. The van der Waals surface area contributed by atoms with E-state index < -0.39 is 11.9 Å². The van der Waals surface area contributed by atoms with E-state index in [1.54, 1.807) is 17.7 Å². The Labute approximate surface area is 114 Å². The summed E-state index contributed by atoms with van der Waals surface area (Å²) in [6, 6.07) is 1.49.